The third kappa shape index (κ3) is 3.19. The van der Waals surface area contributed by atoms with Gasteiger partial charge in [-0.3, -0.25) is 0 Å². The summed E-state index contributed by atoms with van der Waals surface area (Å²) in [5, 5.41) is 5.73. The van der Waals surface area contributed by atoms with Gasteiger partial charge < -0.3 is 10.2 Å². The second-order valence-corrected chi connectivity index (χ2v) is 5.58. The Kier molecular flexibility index (Phi) is 5.05. The fourth-order valence-electron chi connectivity index (χ4n) is 2.21. The normalized spacial score (nSPS) is 10.9. The molecule has 0 amide bonds. The lowest BCUT2D eigenvalue weighted by Crippen LogP contribution is -2.22. The lowest BCUT2D eigenvalue weighted by atomic mass is 10.1. The second kappa shape index (κ2) is 6.78. The number of pyridine rings is 1. The number of hydrogen-bond donors (Lipinski definition) is 1. The molecule has 0 atom stereocenters. The predicted molar refractivity (Wildman–Crippen MR) is 86.2 cm³/mol. The molecule has 0 saturated heterocycles. The van der Waals surface area contributed by atoms with Gasteiger partial charge in [0.25, 0.3) is 0 Å². The lowest BCUT2D eigenvalue weighted by Gasteiger charge is -2.20. The van der Waals surface area contributed by atoms with Gasteiger partial charge in [0.05, 0.1) is 0 Å². The quantitative estimate of drug-likeness (QED) is 0.877. The van der Waals surface area contributed by atoms with Crippen LogP contribution in [0.2, 0.25) is 0 Å². The van der Waals surface area contributed by atoms with Gasteiger partial charge in [-0.2, -0.15) is 11.8 Å². The van der Waals surface area contributed by atoms with E-state index in [1.807, 2.05) is 25.0 Å². The molecule has 1 aromatic heterocycles. The Morgan fingerprint density at radius 3 is 2.68 bits per heavy atom. The maximum absolute atomic E-state index is 4.65. The van der Waals surface area contributed by atoms with Crippen LogP contribution in [0.25, 0.3) is 10.8 Å². The molecule has 3 nitrogen and oxygen atoms in total. The van der Waals surface area contributed by atoms with Gasteiger partial charge in [0, 0.05) is 37.5 Å². The minimum atomic E-state index is 0.850. The van der Waals surface area contributed by atoms with Crippen molar-refractivity contribution in [3.63, 3.8) is 0 Å². The smallest absolute Gasteiger partial charge is 0.136 e. The molecule has 0 spiro atoms. The largest absolute Gasteiger partial charge is 0.358 e. The number of thioether (sulfide) groups is 1. The van der Waals surface area contributed by atoms with Gasteiger partial charge >= 0.3 is 0 Å². The number of anilines is 1. The van der Waals surface area contributed by atoms with Crippen LogP contribution in [0.1, 0.15) is 5.56 Å². The topological polar surface area (TPSA) is 28.2 Å². The van der Waals surface area contributed by atoms with Crippen molar-refractivity contribution in [1.29, 1.82) is 0 Å². The van der Waals surface area contributed by atoms with Gasteiger partial charge in [-0.15, -0.1) is 0 Å². The molecule has 2 rings (SSSR count). The van der Waals surface area contributed by atoms with Gasteiger partial charge in [0.15, 0.2) is 0 Å². The van der Waals surface area contributed by atoms with E-state index >= 15 is 0 Å². The predicted octanol–water partition coefficient (Wildman–Crippen LogP) is 2.75. The van der Waals surface area contributed by atoms with Crippen molar-refractivity contribution in [3.8, 4) is 0 Å². The number of fused-ring (bicyclic) bond motifs is 1. The van der Waals surface area contributed by atoms with E-state index in [0.29, 0.717) is 0 Å². The van der Waals surface area contributed by atoms with E-state index in [1.54, 1.807) is 0 Å². The van der Waals surface area contributed by atoms with Crippen molar-refractivity contribution in [2.45, 2.75) is 6.54 Å². The van der Waals surface area contributed by atoms with E-state index in [9.17, 15) is 0 Å². The summed E-state index contributed by atoms with van der Waals surface area (Å²) in [6.07, 6.45) is 4.12. The molecular formula is C15H21N3S. The molecule has 19 heavy (non-hydrogen) atoms. The average Bonchev–Trinajstić information content (AvgIpc) is 2.45. The number of benzene rings is 1. The minimum Gasteiger partial charge on any atom is -0.358 e. The molecule has 1 aromatic carbocycles. The maximum atomic E-state index is 4.65. The highest BCUT2D eigenvalue weighted by Gasteiger charge is 2.10. The first-order valence-corrected chi connectivity index (χ1v) is 7.88. The first-order valence-electron chi connectivity index (χ1n) is 6.49. The Balaban J connectivity index is 2.43. The van der Waals surface area contributed by atoms with Crippen LogP contribution in [0, 0.1) is 0 Å². The summed E-state index contributed by atoms with van der Waals surface area (Å²) in [6, 6.07) is 8.51. The third-order valence-corrected chi connectivity index (χ3v) is 3.81. The lowest BCUT2D eigenvalue weighted by molar-refractivity contribution is 0.818. The highest BCUT2D eigenvalue weighted by atomic mass is 32.2. The Bertz CT molecular complexity index is 542. The van der Waals surface area contributed by atoms with Crippen LogP contribution in [0.3, 0.4) is 0 Å². The van der Waals surface area contributed by atoms with E-state index in [4.69, 9.17) is 0 Å². The molecule has 4 heteroatoms. The van der Waals surface area contributed by atoms with Crippen molar-refractivity contribution < 1.29 is 0 Å². The molecule has 0 aliphatic heterocycles. The molecule has 1 heterocycles. The molecule has 102 valence electrons. The first-order chi connectivity index (χ1) is 9.27. The summed E-state index contributed by atoms with van der Waals surface area (Å²) in [4.78, 5) is 6.89. The number of nitrogens with zero attached hydrogens (tertiary/aromatic N) is 2. The Labute approximate surface area is 119 Å². The van der Waals surface area contributed by atoms with Crippen molar-refractivity contribution in [2.24, 2.45) is 0 Å². The summed E-state index contributed by atoms with van der Waals surface area (Å²) in [5.41, 5.74) is 1.25. The van der Waals surface area contributed by atoms with Crippen LogP contribution in [0.15, 0.2) is 30.5 Å². The highest BCUT2D eigenvalue weighted by Crippen LogP contribution is 2.26. The van der Waals surface area contributed by atoms with Gasteiger partial charge in [0.2, 0.25) is 0 Å². The summed E-state index contributed by atoms with van der Waals surface area (Å²) in [7, 11) is 4.08. The zero-order valence-electron chi connectivity index (χ0n) is 11.8. The van der Waals surface area contributed by atoms with E-state index in [-0.39, 0.29) is 0 Å². The van der Waals surface area contributed by atoms with Crippen molar-refractivity contribution >= 4 is 28.4 Å². The maximum Gasteiger partial charge on any atom is 0.136 e. The van der Waals surface area contributed by atoms with Crippen LogP contribution in [0.4, 0.5) is 5.82 Å². The molecule has 0 aliphatic carbocycles. The summed E-state index contributed by atoms with van der Waals surface area (Å²) in [6.45, 7) is 1.87. The van der Waals surface area contributed by atoms with Gasteiger partial charge in [-0.05, 0) is 24.3 Å². The summed E-state index contributed by atoms with van der Waals surface area (Å²) in [5.74, 6) is 2.19. The van der Waals surface area contributed by atoms with Crippen molar-refractivity contribution in [2.75, 3.05) is 37.5 Å². The van der Waals surface area contributed by atoms with Crippen molar-refractivity contribution in [3.05, 3.63) is 36.0 Å². The molecule has 1 N–H and O–H groups in total. The summed E-state index contributed by atoms with van der Waals surface area (Å²) >= 11 is 1.86. The monoisotopic (exact) mass is 275 g/mol. The fourth-order valence-corrected chi connectivity index (χ4v) is 2.66. The Morgan fingerprint density at radius 1 is 1.26 bits per heavy atom. The minimum absolute atomic E-state index is 0.850. The van der Waals surface area contributed by atoms with E-state index in [1.165, 1.54) is 16.3 Å². The molecule has 2 aromatic rings. The highest BCUT2D eigenvalue weighted by molar-refractivity contribution is 7.98. The van der Waals surface area contributed by atoms with Gasteiger partial charge in [0.1, 0.15) is 5.82 Å². The molecule has 0 bridgehead atoms. The number of hydrogen-bond acceptors (Lipinski definition) is 4. The zero-order valence-corrected chi connectivity index (χ0v) is 12.6. The number of nitrogens with one attached hydrogen (secondary N) is 1. The van der Waals surface area contributed by atoms with Crippen molar-refractivity contribution in [1.82, 2.24) is 10.3 Å². The van der Waals surface area contributed by atoms with E-state index in [0.717, 1.165) is 24.7 Å². The molecule has 0 fully saturated rings. The van der Waals surface area contributed by atoms with Crippen LogP contribution in [-0.2, 0) is 6.54 Å². The SMILES string of the molecule is CNCc1cnc(N(C)CCSC)c2ccccc12. The van der Waals surface area contributed by atoms with Crippen LogP contribution >= 0.6 is 11.8 Å². The first kappa shape index (κ1) is 14.2. The van der Waals surface area contributed by atoms with Crippen LogP contribution < -0.4 is 10.2 Å². The molecule has 0 radical (unpaired) electrons. The van der Waals surface area contributed by atoms with E-state index < -0.39 is 0 Å². The molecule has 0 saturated carbocycles. The molecule has 0 unspecified atom stereocenters. The zero-order chi connectivity index (χ0) is 13.7. The number of rotatable bonds is 6. The Hall–Kier alpha value is -1.26. The third-order valence-electron chi connectivity index (χ3n) is 3.22. The van der Waals surface area contributed by atoms with Gasteiger partial charge in [-0.25, -0.2) is 4.98 Å². The summed E-state index contributed by atoms with van der Waals surface area (Å²) < 4.78 is 0. The molecule has 0 aliphatic rings. The van der Waals surface area contributed by atoms with Crippen LogP contribution in [-0.4, -0.2) is 37.6 Å². The van der Waals surface area contributed by atoms with Crippen LogP contribution in [0.5, 0.6) is 0 Å². The average molecular weight is 275 g/mol. The van der Waals surface area contributed by atoms with E-state index in [2.05, 4.69) is 52.8 Å². The Morgan fingerprint density at radius 2 is 2.00 bits per heavy atom. The second-order valence-electron chi connectivity index (χ2n) is 4.60. The standard InChI is InChI=1S/C15H21N3S/c1-16-10-12-11-17-15(18(2)8-9-19-3)14-7-5-4-6-13(12)14/h4-7,11,16H,8-10H2,1-3H3. The van der Waals surface area contributed by atoms with Gasteiger partial charge in [-0.1, -0.05) is 24.3 Å². The number of aromatic nitrogens is 1. The molecular weight excluding hydrogens is 254 g/mol. The fraction of sp³-hybridized carbons (Fsp3) is 0.400.